The first-order chi connectivity index (χ1) is 18.9. The van der Waals surface area contributed by atoms with E-state index in [1.807, 2.05) is 30.3 Å². The predicted molar refractivity (Wildman–Crippen MR) is 153 cm³/mol. The van der Waals surface area contributed by atoms with Gasteiger partial charge in [-0.3, -0.25) is 9.69 Å². The molecule has 0 saturated carbocycles. The molecule has 5 rings (SSSR count). The van der Waals surface area contributed by atoms with Crippen molar-refractivity contribution in [1.82, 2.24) is 29.5 Å². The van der Waals surface area contributed by atoms with Gasteiger partial charge in [0.25, 0.3) is 0 Å². The number of nitrogens with zero attached hydrogens (tertiary/aromatic N) is 6. The summed E-state index contributed by atoms with van der Waals surface area (Å²) in [4.78, 5) is 35.3. The van der Waals surface area contributed by atoms with Crippen molar-refractivity contribution in [3.8, 4) is 0 Å². The van der Waals surface area contributed by atoms with Gasteiger partial charge in [-0.25, -0.2) is 4.79 Å². The molecule has 0 bridgehead atoms. The molecule has 3 heterocycles. The van der Waals surface area contributed by atoms with Crippen LogP contribution in [0, 0.1) is 0 Å². The summed E-state index contributed by atoms with van der Waals surface area (Å²) in [5, 5.41) is 10.1. The molecule has 1 aromatic heterocycles. The highest BCUT2D eigenvalue weighted by molar-refractivity contribution is 5.93. The second-order valence-corrected chi connectivity index (χ2v) is 9.77. The van der Waals surface area contributed by atoms with Crippen molar-refractivity contribution >= 4 is 40.8 Å². The number of nitrogens with two attached hydrogens (primary N) is 1. The van der Waals surface area contributed by atoms with Gasteiger partial charge in [0.2, 0.25) is 17.8 Å². The van der Waals surface area contributed by atoms with Crippen LogP contribution in [0.3, 0.4) is 0 Å². The van der Waals surface area contributed by atoms with E-state index in [1.54, 1.807) is 17.0 Å². The first-order valence-corrected chi connectivity index (χ1v) is 12.9. The third kappa shape index (κ3) is 6.33. The quantitative estimate of drug-likeness (QED) is 0.401. The molecule has 2 amide bonds. The summed E-state index contributed by atoms with van der Waals surface area (Å²) in [6.45, 7) is 9.85. The Bertz CT molecular complexity index is 1370. The maximum absolute atomic E-state index is 12.8. The lowest BCUT2D eigenvalue weighted by Gasteiger charge is -2.32. The third-order valence-corrected chi connectivity index (χ3v) is 6.95. The number of rotatable bonds is 7. The number of likely N-dealkylation sites (N-methyl/N-ethyl adjacent to an activating group) is 1. The Kier molecular flexibility index (Phi) is 7.71. The summed E-state index contributed by atoms with van der Waals surface area (Å²) >= 11 is 0. The van der Waals surface area contributed by atoms with E-state index in [0.717, 1.165) is 54.2 Å². The molecule has 0 spiro atoms. The van der Waals surface area contributed by atoms with Gasteiger partial charge < -0.3 is 26.2 Å². The van der Waals surface area contributed by atoms with Crippen LogP contribution in [0.15, 0.2) is 67.3 Å². The number of hydrogen-bond donors (Lipinski definition) is 3. The fourth-order valence-electron chi connectivity index (χ4n) is 4.62. The molecule has 1 fully saturated rings. The SMILES string of the molecule is C=CC(=O)N1CC=C(c2ccc(NC(=O)n3nc(Nc4ccc(CN5CCN(C)CC5)cc4)nc3N)cc2)C1. The van der Waals surface area contributed by atoms with Crippen molar-refractivity contribution < 1.29 is 9.59 Å². The Hall–Kier alpha value is -4.48. The van der Waals surface area contributed by atoms with E-state index in [4.69, 9.17) is 5.73 Å². The molecule has 2 aromatic carbocycles. The molecule has 0 radical (unpaired) electrons. The van der Waals surface area contributed by atoms with Crippen molar-refractivity contribution in [3.63, 3.8) is 0 Å². The number of nitrogen functional groups attached to an aromatic ring is 1. The van der Waals surface area contributed by atoms with Gasteiger partial charge in [0.05, 0.1) is 0 Å². The Labute approximate surface area is 227 Å². The normalized spacial score (nSPS) is 16.1. The maximum atomic E-state index is 12.8. The van der Waals surface area contributed by atoms with Crippen LogP contribution in [-0.2, 0) is 11.3 Å². The average Bonchev–Trinajstić information content (AvgIpc) is 3.58. The van der Waals surface area contributed by atoms with Gasteiger partial charge in [-0.15, -0.1) is 9.78 Å². The van der Waals surface area contributed by atoms with E-state index in [1.165, 1.54) is 11.6 Å². The number of aromatic nitrogens is 3. The lowest BCUT2D eigenvalue weighted by molar-refractivity contribution is -0.124. The van der Waals surface area contributed by atoms with Gasteiger partial charge >= 0.3 is 6.03 Å². The molecule has 4 N–H and O–H groups in total. The molecule has 11 nitrogen and oxygen atoms in total. The third-order valence-electron chi connectivity index (χ3n) is 6.95. The highest BCUT2D eigenvalue weighted by Crippen LogP contribution is 2.23. The average molecular weight is 528 g/mol. The van der Waals surface area contributed by atoms with Crippen LogP contribution in [0.25, 0.3) is 5.57 Å². The number of benzene rings is 2. The van der Waals surface area contributed by atoms with E-state index in [9.17, 15) is 9.59 Å². The zero-order valence-electron chi connectivity index (χ0n) is 22.0. The summed E-state index contributed by atoms with van der Waals surface area (Å²) in [5.41, 5.74) is 10.6. The van der Waals surface area contributed by atoms with Crippen LogP contribution < -0.4 is 16.4 Å². The van der Waals surface area contributed by atoms with Crippen LogP contribution in [-0.4, -0.2) is 87.7 Å². The summed E-state index contributed by atoms with van der Waals surface area (Å²) < 4.78 is 1.02. The molecule has 2 aliphatic rings. The number of carbonyl (C=O) groups excluding carboxylic acids is 2. The molecule has 202 valence electrons. The molecule has 0 aliphatic carbocycles. The lowest BCUT2D eigenvalue weighted by Crippen LogP contribution is -2.43. The van der Waals surface area contributed by atoms with E-state index in [2.05, 4.69) is 56.3 Å². The van der Waals surface area contributed by atoms with Crippen LogP contribution >= 0.6 is 0 Å². The van der Waals surface area contributed by atoms with Gasteiger partial charge in [-0.2, -0.15) is 4.98 Å². The fraction of sp³-hybridized carbons (Fsp3) is 0.286. The smallest absolute Gasteiger partial charge is 0.349 e. The van der Waals surface area contributed by atoms with Crippen molar-refractivity contribution in [2.24, 2.45) is 0 Å². The Morgan fingerprint density at radius 1 is 1.03 bits per heavy atom. The summed E-state index contributed by atoms with van der Waals surface area (Å²) in [6.07, 6.45) is 3.33. The topological polar surface area (TPSA) is 125 Å². The minimum absolute atomic E-state index is 0.0265. The molecule has 39 heavy (non-hydrogen) atoms. The fourth-order valence-corrected chi connectivity index (χ4v) is 4.62. The second kappa shape index (κ2) is 11.5. The van der Waals surface area contributed by atoms with Crippen molar-refractivity contribution in [3.05, 3.63) is 78.4 Å². The maximum Gasteiger partial charge on any atom is 0.349 e. The summed E-state index contributed by atoms with van der Waals surface area (Å²) in [5.74, 6) is 0.112. The summed E-state index contributed by atoms with van der Waals surface area (Å²) in [7, 11) is 2.15. The Morgan fingerprint density at radius 3 is 2.41 bits per heavy atom. The van der Waals surface area contributed by atoms with Gasteiger partial charge in [0.1, 0.15) is 0 Å². The zero-order valence-corrected chi connectivity index (χ0v) is 22.0. The largest absolute Gasteiger partial charge is 0.368 e. The molecular formula is C28H33N9O2. The van der Waals surface area contributed by atoms with Crippen molar-refractivity contribution in [2.75, 3.05) is 62.7 Å². The minimum atomic E-state index is -0.522. The predicted octanol–water partition coefficient (Wildman–Crippen LogP) is 2.84. The number of amides is 2. The van der Waals surface area contributed by atoms with Crippen LogP contribution in [0.2, 0.25) is 0 Å². The summed E-state index contributed by atoms with van der Waals surface area (Å²) in [6, 6.07) is 15.0. The Balaban J connectivity index is 1.16. The monoisotopic (exact) mass is 527 g/mol. The van der Waals surface area contributed by atoms with Gasteiger partial charge in [-0.1, -0.05) is 36.9 Å². The van der Waals surface area contributed by atoms with Crippen molar-refractivity contribution in [1.29, 1.82) is 0 Å². The van der Waals surface area contributed by atoms with Gasteiger partial charge in [-0.05, 0) is 54.1 Å². The first-order valence-electron chi connectivity index (χ1n) is 12.9. The molecule has 3 aromatic rings. The van der Waals surface area contributed by atoms with E-state index in [-0.39, 0.29) is 17.8 Å². The lowest BCUT2D eigenvalue weighted by atomic mass is 10.1. The number of anilines is 4. The first kappa shape index (κ1) is 26.1. The van der Waals surface area contributed by atoms with E-state index < -0.39 is 6.03 Å². The minimum Gasteiger partial charge on any atom is -0.368 e. The zero-order chi connectivity index (χ0) is 27.4. The number of piperazine rings is 1. The molecule has 11 heteroatoms. The molecule has 2 aliphatic heterocycles. The Morgan fingerprint density at radius 2 is 1.72 bits per heavy atom. The molecule has 0 atom stereocenters. The molecule has 1 saturated heterocycles. The number of hydrogen-bond acceptors (Lipinski definition) is 8. The highest BCUT2D eigenvalue weighted by atomic mass is 16.2. The van der Waals surface area contributed by atoms with Crippen LogP contribution in [0.1, 0.15) is 11.1 Å². The highest BCUT2D eigenvalue weighted by Gasteiger charge is 2.19. The van der Waals surface area contributed by atoms with Gasteiger partial charge in [0.15, 0.2) is 0 Å². The van der Waals surface area contributed by atoms with E-state index in [0.29, 0.717) is 18.8 Å². The second-order valence-electron chi connectivity index (χ2n) is 9.77. The van der Waals surface area contributed by atoms with Crippen LogP contribution in [0.5, 0.6) is 0 Å². The molecule has 0 unspecified atom stereocenters. The van der Waals surface area contributed by atoms with E-state index >= 15 is 0 Å². The van der Waals surface area contributed by atoms with Crippen LogP contribution in [0.4, 0.5) is 28.1 Å². The number of nitrogens with one attached hydrogen (secondary N) is 2. The van der Waals surface area contributed by atoms with Crippen molar-refractivity contribution in [2.45, 2.75) is 6.54 Å². The molecular weight excluding hydrogens is 494 g/mol. The standard InChI is InChI=1S/C28H33N9O2/c1-3-25(38)36-13-12-22(19-36)21-6-10-24(11-7-21)31-28(39)37-26(29)32-27(33-37)30-23-8-4-20(5-9-23)18-35-16-14-34(2)15-17-35/h3-12H,1,13-19H2,2H3,(H,31,39)(H3,29,30,32,33). The van der Waals surface area contributed by atoms with Gasteiger partial charge in [0, 0.05) is 57.2 Å². The number of carbonyl (C=O) groups is 2.